The van der Waals surface area contributed by atoms with E-state index in [1.54, 1.807) is 12.4 Å². The first kappa shape index (κ1) is 15.1. The predicted molar refractivity (Wildman–Crippen MR) is 75.5 cm³/mol. The molecule has 0 amide bonds. The van der Waals surface area contributed by atoms with Crippen molar-refractivity contribution in [2.24, 2.45) is 5.41 Å². The van der Waals surface area contributed by atoms with E-state index < -0.39 is 0 Å². The Morgan fingerprint density at radius 2 is 1.89 bits per heavy atom. The second kappa shape index (κ2) is 6.25. The second-order valence-electron chi connectivity index (χ2n) is 6.03. The molecule has 18 heavy (non-hydrogen) atoms. The first-order valence-corrected chi connectivity index (χ1v) is 6.47. The average molecular weight is 250 g/mol. The first-order valence-electron chi connectivity index (χ1n) is 6.47. The van der Waals surface area contributed by atoms with Crippen LogP contribution in [0, 0.1) is 12.3 Å². The summed E-state index contributed by atoms with van der Waals surface area (Å²) in [5.41, 5.74) is 2.29. The van der Waals surface area contributed by atoms with E-state index in [1.807, 2.05) is 6.92 Å². The SMILES string of the molecule is Cc1nccnc1C(C)NCC(C)(C)CN(C)C. The van der Waals surface area contributed by atoms with E-state index in [0.717, 1.165) is 24.5 Å². The molecule has 0 aliphatic heterocycles. The Hall–Kier alpha value is -1.00. The molecule has 1 rings (SSSR count). The smallest absolute Gasteiger partial charge is 0.0782 e. The molecule has 0 aliphatic carbocycles. The monoisotopic (exact) mass is 250 g/mol. The van der Waals surface area contributed by atoms with Gasteiger partial charge in [-0.15, -0.1) is 0 Å². The van der Waals surface area contributed by atoms with E-state index in [2.05, 4.69) is 55.1 Å². The molecule has 0 aromatic carbocycles. The van der Waals surface area contributed by atoms with Gasteiger partial charge in [0.15, 0.2) is 0 Å². The first-order chi connectivity index (χ1) is 8.32. The van der Waals surface area contributed by atoms with Gasteiger partial charge in [0.25, 0.3) is 0 Å². The zero-order chi connectivity index (χ0) is 13.8. The lowest BCUT2D eigenvalue weighted by molar-refractivity contribution is 0.226. The van der Waals surface area contributed by atoms with E-state index in [-0.39, 0.29) is 11.5 Å². The molecule has 102 valence electrons. The van der Waals surface area contributed by atoms with E-state index in [4.69, 9.17) is 0 Å². The van der Waals surface area contributed by atoms with Crippen molar-refractivity contribution in [1.29, 1.82) is 0 Å². The summed E-state index contributed by atoms with van der Waals surface area (Å²) in [6, 6.07) is 0.236. The molecule has 0 saturated heterocycles. The summed E-state index contributed by atoms with van der Waals surface area (Å²) < 4.78 is 0. The average Bonchev–Trinajstić information content (AvgIpc) is 2.25. The highest BCUT2D eigenvalue weighted by atomic mass is 15.1. The molecule has 1 aromatic heterocycles. The largest absolute Gasteiger partial charge is 0.309 e. The number of aryl methyl sites for hydroxylation is 1. The van der Waals surface area contributed by atoms with Crippen molar-refractivity contribution in [1.82, 2.24) is 20.2 Å². The van der Waals surface area contributed by atoms with Crippen LogP contribution in [-0.2, 0) is 0 Å². The van der Waals surface area contributed by atoms with E-state index in [9.17, 15) is 0 Å². The van der Waals surface area contributed by atoms with Crippen molar-refractivity contribution in [3.05, 3.63) is 23.8 Å². The van der Waals surface area contributed by atoms with Crippen molar-refractivity contribution < 1.29 is 0 Å². The molecule has 1 atom stereocenters. The molecule has 1 unspecified atom stereocenters. The molecule has 0 radical (unpaired) electrons. The van der Waals surface area contributed by atoms with Gasteiger partial charge in [-0.3, -0.25) is 9.97 Å². The van der Waals surface area contributed by atoms with Gasteiger partial charge in [-0.2, -0.15) is 0 Å². The van der Waals surface area contributed by atoms with Crippen LogP contribution in [0.5, 0.6) is 0 Å². The van der Waals surface area contributed by atoms with Gasteiger partial charge in [0.1, 0.15) is 0 Å². The lowest BCUT2D eigenvalue weighted by atomic mass is 9.92. The summed E-state index contributed by atoms with van der Waals surface area (Å²) in [5, 5.41) is 3.56. The van der Waals surface area contributed by atoms with Crippen LogP contribution in [0.3, 0.4) is 0 Å². The fraction of sp³-hybridized carbons (Fsp3) is 0.714. The number of nitrogens with zero attached hydrogens (tertiary/aromatic N) is 3. The fourth-order valence-corrected chi connectivity index (χ4v) is 2.28. The zero-order valence-corrected chi connectivity index (χ0v) is 12.5. The van der Waals surface area contributed by atoms with E-state index in [0.29, 0.717) is 0 Å². The third-order valence-electron chi connectivity index (χ3n) is 2.96. The minimum Gasteiger partial charge on any atom is -0.309 e. The van der Waals surface area contributed by atoms with Gasteiger partial charge >= 0.3 is 0 Å². The normalized spacial score (nSPS) is 13.9. The Labute approximate surface area is 111 Å². The number of hydrogen-bond acceptors (Lipinski definition) is 4. The van der Waals surface area contributed by atoms with Crippen LogP contribution in [0.15, 0.2) is 12.4 Å². The van der Waals surface area contributed by atoms with Crippen LogP contribution in [0.4, 0.5) is 0 Å². The van der Waals surface area contributed by atoms with Crippen LogP contribution in [0.1, 0.15) is 38.2 Å². The van der Waals surface area contributed by atoms with Crippen molar-refractivity contribution in [3.63, 3.8) is 0 Å². The van der Waals surface area contributed by atoms with Crippen LogP contribution in [-0.4, -0.2) is 42.1 Å². The fourth-order valence-electron chi connectivity index (χ4n) is 2.28. The van der Waals surface area contributed by atoms with Gasteiger partial charge in [-0.05, 0) is 33.4 Å². The topological polar surface area (TPSA) is 41.1 Å². The lowest BCUT2D eigenvalue weighted by Crippen LogP contribution is -2.38. The Kier molecular flexibility index (Phi) is 5.23. The number of aromatic nitrogens is 2. The summed E-state index contributed by atoms with van der Waals surface area (Å²) >= 11 is 0. The summed E-state index contributed by atoms with van der Waals surface area (Å²) in [7, 11) is 4.22. The van der Waals surface area contributed by atoms with Crippen molar-refractivity contribution in [3.8, 4) is 0 Å². The molecule has 0 saturated carbocycles. The molecule has 0 fully saturated rings. The maximum atomic E-state index is 4.40. The Balaban J connectivity index is 2.56. The number of nitrogens with one attached hydrogen (secondary N) is 1. The second-order valence-corrected chi connectivity index (χ2v) is 6.03. The molecule has 1 N–H and O–H groups in total. The van der Waals surface area contributed by atoms with Crippen LogP contribution >= 0.6 is 0 Å². The highest BCUT2D eigenvalue weighted by Gasteiger charge is 2.20. The predicted octanol–water partition coefficient (Wildman–Crippen LogP) is 2.02. The van der Waals surface area contributed by atoms with Crippen LogP contribution in [0.2, 0.25) is 0 Å². The molecule has 0 aliphatic rings. The van der Waals surface area contributed by atoms with Crippen LogP contribution in [0.25, 0.3) is 0 Å². The summed E-state index contributed by atoms with van der Waals surface area (Å²) in [4.78, 5) is 10.9. The van der Waals surface area contributed by atoms with Crippen molar-refractivity contribution >= 4 is 0 Å². The van der Waals surface area contributed by atoms with E-state index >= 15 is 0 Å². The summed E-state index contributed by atoms with van der Waals surface area (Å²) in [6.45, 7) is 10.7. The van der Waals surface area contributed by atoms with Gasteiger partial charge in [0, 0.05) is 31.5 Å². The minimum atomic E-state index is 0.236. The zero-order valence-electron chi connectivity index (χ0n) is 12.5. The number of hydrogen-bond donors (Lipinski definition) is 1. The Morgan fingerprint density at radius 1 is 1.28 bits per heavy atom. The highest BCUT2D eigenvalue weighted by molar-refractivity contribution is 5.12. The summed E-state index contributed by atoms with van der Waals surface area (Å²) in [5.74, 6) is 0. The van der Waals surface area contributed by atoms with Gasteiger partial charge in [-0.25, -0.2) is 0 Å². The van der Waals surface area contributed by atoms with Gasteiger partial charge in [-0.1, -0.05) is 13.8 Å². The molecule has 0 spiro atoms. The van der Waals surface area contributed by atoms with Crippen LogP contribution < -0.4 is 5.32 Å². The maximum Gasteiger partial charge on any atom is 0.0782 e. The molecule has 1 aromatic rings. The Bertz CT molecular complexity index is 374. The molecular weight excluding hydrogens is 224 g/mol. The van der Waals surface area contributed by atoms with Gasteiger partial charge < -0.3 is 10.2 Å². The third-order valence-corrected chi connectivity index (χ3v) is 2.96. The van der Waals surface area contributed by atoms with Crippen molar-refractivity contribution in [2.45, 2.75) is 33.7 Å². The molecule has 4 nitrogen and oxygen atoms in total. The maximum absolute atomic E-state index is 4.40. The Morgan fingerprint density at radius 3 is 2.44 bits per heavy atom. The minimum absolute atomic E-state index is 0.236. The molecular formula is C14H26N4. The lowest BCUT2D eigenvalue weighted by Gasteiger charge is -2.30. The number of rotatable bonds is 6. The van der Waals surface area contributed by atoms with E-state index in [1.165, 1.54) is 0 Å². The van der Waals surface area contributed by atoms with Crippen molar-refractivity contribution in [2.75, 3.05) is 27.2 Å². The standard InChI is InChI=1S/C14H26N4/c1-11-13(16-8-7-15-11)12(2)17-9-14(3,4)10-18(5)6/h7-8,12,17H,9-10H2,1-6H3. The summed E-state index contributed by atoms with van der Waals surface area (Å²) in [6.07, 6.45) is 3.49. The molecule has 0 bridgehead atoms. The molecule has 4 heteroatoms. The quantitative estimate of drug-likeness (QED) is 0.838. The van der Waals surface area contributed by atoms with Gasteiger partial charge in [0.2, 0.25) is 0 Å². The van der Waals surface area contributed by atoms with Gasteiger partial charge in [0.05, 0.1) is 11.4 Å². The third kappa shape index (κ3) is 4.70. The highest BCUT2D eigenvalue weighted by Crippen LogP contribution is 2.18. The molecule has 1 heterocycles.